The van der Waals surface area contributed by atoms with E-state index in [4.69, 9.17) is 0 Å². The van der Waals surface area contributed by atoms with Gasteiger partial charge in [0, 0.05) is 17.3 Å². The molecule has 1 heterocycles. The largest absolute Gasteiger partial charge is 0.367 e. The van der Waals surface area contributed by atoms with Crippen molar-refractivity contribution in [2.24, 2.45) is 5.92 Å². The minimum absolute atomic E-state index is 0.621. The first-order chi connectivity index (χ1) is 9.88. The lowest BCUT2D eigenvalue weighted by atomic mass is 9.83. The topological polar surface area (TPSA) is 37.8 Å². The van der Waals surface area contributed by atoms with Gasteiger partial charge in [0.25, 0.3) is 0 Å². The summed E-state index contributed by atoms with van der Waals surface area (Å²) in [5, 5.41) is 3.79. The fourth-order valence-electron chi connectivity index (χ4n) is 3.88. The van der Waals surface area contributed by atoms with Gasteiger partial charge in [-0.2, -0.15) is 0 Å². The molecule has 0 aliphatic heterocycles. The van der Waals surface area contributed by atoms with Crippen LogP contribution in [0.4, 0.5) is 5.82 Å². The molecule has 1 saturated carbocycles. The lowest BCUT2D eigenvalue weighted by Crippen LogP contribution is -2.32. The summed E-state index contributed by atoms with van der Waals surface area (Å²) in [6, 6.07) is 0.621. The second-order valence-electron chi connectivity index (χ2n) is 6.41. The van der Waals surface area contributed by atoms with Crippen LogP contribution in [0.15, 0.2) is 6.33 Å². The highest BCUT2D eigenvalue weighted by Gasteiger charge is 2.25. The monoisotopic (exact) mass is 273 g/mol. The molecule has 20 heavy (non-hydrogen) atoms. The Morgan fingerprint density at radius 1 is 1.05 bits per heavy atom. The smallest absolute Gasteiger partial charge is 0.133 e. The van der Waals surface area contributed by atoms with Crippen LogP contribution in [0.5, 0.6) is 0 Å². The quantitative estimate of drug-likeness (QED) is 0.842. The lowest BCUT2D eigenvalue weighted by molar-refractivity contribution is 0.316. The van der Waals surface area contributed by atoms with Crippen LogP contribution >= 0.6 is 0 Å². The fourth-order valence-corrected chi connectivity index (χ4v) is 3.88. The fraction of sp³-hybridized carbons (Fsp3) is 0.765. The van der Waals surface area contributed by atoms with Crippen LogP contribution in [0.3, 0.4) is 0 Å². The SMILES string of the molecule is CCC1CCCCC1Nc1ncnc2c1CCCCC2. The van der Waals surface area contributed by atoms with Gasteiger partial charge in [0.1, 0.15) is 12.1 Å². The van der Waals surface area contributed by atoms with Crippen molar-refractivity contribution in [1.29, 1.82) is 0 Å². The van der Waals surface area contributed by atoms with E-state index >= 15 is 0 Å². The second kappa shape index (κ2) is 6.55. The number of hydrogen-bond donors (Lipinski definition) is 1. The van der Waals surface area contributed by atoms with Gasteiger partial charge in [-0.3, -0.25) is 0 Å². The van der Waals surface area contributed by atoms with E-state index in [2.05, 4.69) is 22.2 Å². The number of rotatable bonds is 3. The molecule has 0 aromatic carbocycles. The molecule has 0 amide bonds. The molecule has 0 radical (unpaired) electrons. The Bertz CT molecular complexity index is 444. The zero-order valence-electron chi connectivity index (χ0n) is 12.7. The van der Waals surface area contributed by atoms with Crippen LogP contribution < -0.4 is 5.32 Å². The van der Waals surface area contributed by atoms with Crippen molar-refractivity contribution in [1.82, 2.24) is 9.97 Å². The molecule has 0 bridgehead atoms. The maximum Gasteiger partial charge on any atom is 0.133 e. The van der Waals surface area contributed by atoms with Crippen LogP contribution in [-0.2, 0) is 12.8 Å². The first kappa shape index (κ1) is 13.8. The molecule has 2 unspecified atom stereocenters. The van der Waals surface area contributed by atoms with Gasteiger partial charge in [-0.1, -0.05) is 32.6 Å². The summed E-state index contributed by atoms with van der Waals surface area (Å²) in [6.45, 7) is 2.32. The van der Waals surface area contributed by atoms with Crippen molar-refractivity contribution >= 4 is 5.82 Å². The maximum atomic E-state index is 4.57. The Hall–Kier alpha value is -1.12. The molecule has 3 heteroatoms. The van der Waals surface area contributed by atoms with Gasteiger partial charge < -0.3 is 5.32 Å². The zero-order chi connectivity index (χ0) is 13.8. The van der Waals surface area contributed by atoms with Gasteiger partial charge in [0.2, 0.25) is 0 Å². The minimum atomic E-state index is 0.621. The average molecular weight is 273 g/mol. The Balaban J connectivity index is 1.79. The number of nitrogens with one attached hydrogen (secondary N) is 1. The number of hydrogen-bond acceptors (Lipinski definition) is 3. The van der Waals surface area contributed by atoms with Crippen LogP contribution in [-0.4, -0.2) is 16.0 Å². The van der Waals surface area contributed by atoms with E-state index in [-0.39, 0.29) is 0 Å². The molecule has 0 saturated heterocycles. The van der Waals surface area contributed by atoms with E-state index in [1.807, 2.05) is 0 Å². The first-order valence-electron chi connectivity index (χ1n) is 8.47. The number of nitrogens with zero attached hydrogens (tertiary/aromatic N) is 2. The summed E-state index contributed by atoms with van der Waals surface area (Å²) in [6.07, 6.45) is 14.7. The standard InChI is InChI=1S/C17H27N3/c1-2-13-8-6-7-10-15(13)20-17-14-9-4-3-5-11-16(14)18-12-19-17/h12-13,15H,2-11H2,1H3,(H,18,19,20). The predicted molar refractivity (Wildman–Crippen MR) is 83.0 cm³/mol. The van der Waals surface area contributed by atoms with Gasteiger partial charge in [0.15, 0.2) is 0 Å². The van der Waals surface area contributed by atoms with Crippen molar-refractivity contribution in [2.75, 3.05) is 5.32 Å². The molecular formula is C17H27N3. The average Bonchev–Trinajstić information content (AvgIpc) is 2.74. The van der Waals surface area contributed by atoms with Crippen molar-refractivity contribution in [3.63, 3.8) is 0 Å². The summed E-state index contributed by atoms with van der Waals surface area (Å²) in [4.78, 5) is 9.10. The Labute approximate surface area is 122 Å². The molecule has 2 atom stereocenters. The summed E-state index contributed by atoms with van der Waals surface area (Å²) in [5.41, 5.74) is 2.70. The van der Waals surface area contributed by atoms with Crippen molar-refractivity contribution in [2.45, 2.75) is 77.2 Å². The van der Waals surface area contributed by atoms with Crippen molar-refractivity contribution < 1.29 is 0 Å². The molecule has 2 aliphatic carbocycles. The molecule has 110 valence electrons. The minimum Gasteiger partial charge on any atom is -0.367 e. The van der Waals surface area contributed by atoms with Crippen molar-refractivity contribution in [3.05, 3.63) is 17.6 Å². The Morgan fingerprint density at radius 3 is 2.80 bits per heavy atom. The van der Waals surface area contributed by atoms with E-state index in [0.29, 0.717) is 6.04 Å². The highest BCUT2D eigenvalue weighted by atomic mass is 15.0. The number of aryl methyl sites for hydroxylation is 1. The third kappa shape index (κ3) is 2.97. The summed E-state index contributed by atoms with van der Waals surface area (Å²) >= 11 is 0. The molecular weight excluding hydrogens is 246 g/mol. The summed E-state index contributed by atoms with van der Waals surface area (Å²) in [7, 11) is 0. The van der Waals surface area contributed by atoms with Crippen LogP contribution in [0, 0.1) is 5.92 Å². The lowest BCUT2D eigenvalue weighted by Gasteiger charge is -2.32. The van der Waals surface area contributed by atoms with Gasteiger partial charge in [0.05, 0.1) is 0 Å². The van der Waals surface area contributed by atoms with E-state index in [0.717, 1.165) is 24.6 Å². The van der Waals surface area contributed by atoms with E-state index < -0.39 is 0 Å². The highest BCUT2D eigenvalue weighted by molar-refractivity contribution is 5.47. The molecule has 0 spiro atoms. The van der Waals surface area contributed by atoms with Crippen LogP contribution in [0.25, 0.3) is 0 Å². The number of anilines is 1. The van der Waals surface area contributed by atoms with Crippen LogP contribution in [0.1, 0.15) is 69.5 Å². The maximum absolute atomic E-state index is 4.57. The molecule has 1 N–H and O–H groups in total. The van der Waals surface area contributed by atoms with E-state index in [1.165, 1.54) is 62.6 Å². The third-order valence-electron chi connectivity index (χ3n) is 5.13. The van der Waals surface area contributed by atoms with Crippen molar-refractivity contribution in [3.8, 4) is 0 Å². The molecule has 1 fully saturated rings. The van der Waals surface area contributed by atoms with Crippen LogP contribution in [0.2, 0.25) is 0 Å². The molecule has 3 rings (SSSR count). The molecule has 1 aromatic rings. The molecule has 1 aromatic heterocycles. The first-order valence-corrected chi connectivity index (χ1v) is 8.47. The van der Waals surface area contributed by atoms with E-state index in [1.54, 1.807) is 6.33 Å². The molecule has 2 aliphatic rings. The normalized spacial score (nSPS) is 26.6. The number of aromatic nitrogens is 2. The highest BCUT2D eigenvalue weighted by Crippen LogP contribution is 2.31. The zero-order valence-corrected chi connectivity index (χ0v) is 12.7. The predicted octanol–water partition coefficient (Wildman–Crippen LogP) is 4.13. The summed E-state index contributed by atoms with van der Waals surface area (Å²) in [5.74, 6) is 1.96. The van der Waals surface area contributed by atoms with Gasteiger partial charge in [-0.25, -0.2) is 9.97 Å². The molecule has 3 nitrogen and oxygen atoms in total. The second-order valence-corrected chi connectivity index (χ2v) is 6.41. The third-order valence-corrected chi connectivity index (χ3v) is 5.13. The Kier molecular flexibility index (Phi) is 4.54. The van der Waals surface area contributed by atoms with Gasteiger partial charge >= 0.3 is 0 Å². The number of fused-ring (bicyclic) bond motifs is 1. The summed E-state index contributed by atoms with van der Waals surface area (Å²) < 4.78 is 0. The Morgan fingerprint density at radius 2 is 1.90 bits per heavy atom. The van der Waals surface area contributed by atoms with Gasteiger partial charge in [-0.05, 0) is 44.4 Å². The van der Waals surface area contributed by atoms with Gasteiger partial charge in [-0.15, -0.1) is 0 Å². The van der Waals surface area contributed by atoms with E-state index in [9.17, 15) is 0 Å².